The number of hydrogen-bond acceptors (Lipinski definition) is 5. The van der Waals surface area contributed by atoms with Crippen LogP contribution in [0.1, 0.15) is 30.6 Å². The van der Waals surface area contributed by atoms with E-state index in [2.05, 4.69) is 23.6 Å². The van der Waals surface area contributed by atoms with Crippen molar-refractivity contribution < 1.29 is 9.53 Å². The van der Waals surface area contributed by atoms with E-state index in [1.165, 1.54) is 13.3 Å². The minimum absolute atomic E-state index is 0.352. The van der Waals surface area contributed by atoms with Gasteiger partial charge in [0.05, 0.1) is 29.6 Å². The first-order valence-corrected chi connectivity index (χ1v) is 6.53. The van der Waals surface area contributed by atoms with Gasteiger partial charge in [-0.25, -0.2) is 9.78 Å². The number of nitrogen functional groups attached to an aromatic ring is 1. The molecule has 1 aromatic heterocycles. The molecule has 0 fully saturated rings. The highest BCUT2D eigenvalue weighted by molar-refractivity contribution is 7.99. The molecule has 1 atom stereocenters. The average molecular weight is 254 g/mol. The number of hydrogen-bond donors (Lipinski definition) is 1. The third kappa shape index (κ3) is 3.93. The Labute approximate surface area is 106 Å². The molecule has 2 N–H and O–H groups in total. The lowest BCUT2D eigenvalue weighted by atomic mass is 10.2. The first-order valence-electron chi connectivity index (χ1n) is 5.55. The van der Waals surface area contributed by atoms with Crippen molar-refractivity contribution in [3.05, 3.63) is 17.8 Å². The van der Waals surface area contributed by atoms with Crippen LogP contribution in [-0.2, 0) is 4.74 Å². The number of rotatable bonds is 5. The Bertz CT molecular complexity index is 396. The van der Waals surface area contributed by atoms with E-state index in [1.54, 1.807) is 17.8 Å². The standard InChI is InChI=1S/C12H18N2O2S/c1-4-8(2)7-17-11-5-9(12(15)16-3)10(13)6-14-11/h5-6,8H,4,7,13H2,1-3H3. The Balaban J connectivity index is 2.78. The second kappa shape index (κ2) is 6.49. The highest BCUT2D eigenvalue weighted by atomic mass is 32.2. The molecule has 94 valence electrons. The number of nitrogens with two attached hydrogens (primary N) is 1. The molecule has 0 spiro atoms. The van der Waals surface area contributed by atoms with Crippen molar-refractivity contribution in [1.82, 2.24) is 4.98 Å². The van der Waals surface area contributed by atoms with Gasteiger partial charge in [-0.1, -0.05) is 20.3 Å². The first kappa shape index (κ1) is 13.8. The van der Waals surface area contributed by atoms with Crippen molar-refractivity contribution in [3.63, 3.8) is 0 Å². The molecule has 0 radical (unpaired) electrons. The van der Waals surface area contributed by atoms with E-state index in [-0.39, 0.29) is 0 Å². The predicted octanol–water partition coefficient (Wildman–Crippen LogP) is 2.59. The number of esters is 1. The van der Waals surface area contributed by atoms with Gasteiger partial charge < -0.3 is 10.5 Å². The number of methoxy groups -OCH3 is 1. The molecule has 0 aliphatic carbocycles. The smallest absolute Gasteiger partial charge is 0.340 e. The second-order valence-electron chi connectivity index (χ2n) is 3.93. The van der Waals surface area contributed by atoms with Gasteiger partial charge in [-0.15, -0.1) is 11.8 Å². The summed E-state index contributed by atoms with van der Waals surface area (Å²) in [7, 11) is 1.34. The van der Waals surface area contributed by atoms with Gasteiger partial charge in [0.2, 0.25) is 0 Å². The zero-order valence-corrected chi connectivity index (χ0v) is 11.2. The summed E-state index contributed by atoms with van der Waals surface area (Å²) in [6.07, 6.45) is 2.64. The SMILES string of the molecule is CCC(C)CSc1cc(C(=O)OC)c(N)cn1. The zero-order chi connectivity index (χ0) is 12.8. The number of carbonyl (C=O) groups is 1. The largest absolute Gasteiger partial charge is 0.465 e. The number of pyridine rings is 1. The molecule has 4 nitrogen and oxygen atoms in total. The van der Waals surface area contributed by atoms with E-state index in [9.17, 15) is 4.79 Å². The van der Waals surface area contributed by atoms with E-state index in [4.69, 9.17) is 5.73 Å². The van der Waals surface area contributed by atoms with Crippen LogP contribution in [0.5, 0.6) is 0 Å². The lowest BCUT2D eigenvalue weighted by molar-refractivity contribution is 0.0601. The fraction of sp³-hybridized carbons (Fsp3) is 0.500. The van der Waals surface area contributed by atoms with Gasteiger partial charge in [0, 0.05) is 5.75 Å². The minimum Gasteiger partial charge on any atom is -0.465 e. The molecule has 0 aliphatic rings. The van der Waals surface area contributed by atoms with Crippen molar-refractivity contribution in [2.24, 2.45) is 5.92 Å². The molecular weight excluding hydrogens is 236 g/mol. The summed E-state index contributed by atoms with van der Waals surface area (Å²) in [6, 6.07) is 1.69. The van der Waals surface area contributed by atoms with Crippen LogP contribution in [0.4, 0.5) is 5.69 Å². The summed E-state index contributed by atoms with van der Waals surface area (Å²) in [5.41, 5.74) is 6.41. The lowest BCUT2D eigenvalue weighted by Gasteiger charge is -2.09. The number of aromatic nitrogens is 1. The van der Waals surface area contributed by atoms with Gasteiger partial charge in [-0.2, -0.15) is 0 Å². The number of carbonyl (C=O) groups excluding carboxylic acids is 1. The Kier molecular flexibility index (Phi) is 5.28. The van der Waals surface area contributed by atoms with E-state index in [0.29, 0.717) is 17.2 Å². The molecule has 1 aromatic rings. The average Bonchev–Trinajstić information content (AvgIpc) is 2.36. The van der Waals surface area contributed by atoms with Gasteiger partial charge in [-0.05, 0) is 12.0 Å². The zero-order valence-electron chi connectivity index (χ0n) is 10.4. The number of anilines is 1. The quantitative estimate of drug-likeness (QED) is 0.646. The third-order valence-corrected chi connectivity index (χ3v) is 3.78. The summed E-state index contributed by atoms with van der Waals surface area (Å²) in [6.45, 7) is 4.34. The van der Waals surface area contributed by atoms with Gasteiger partial charge in [0.25, 0.3) is 0 Å². The molecule has 0 aromatic carbocycles. The van der Waals surface area contributed by atoms with Crippen LogP contribution in [0, 0.1) is 5.92 Å². The molecular formula is C12H18N2O2S. The first-order chi connectivity index (χ1) is 8.08. The van der Waals surface area contributed by atoms with E-state index in [1.807, 2.05) is 0 Å². The summed E-state index contributed by atoms with van der Waals surface area (Å²) in [5.74, 6) is 1.19. The van der Waals surface area contributed by atoms with Crippen LogP contribution < -0.4 is 5.73 Å². The normalized spacial score (nSPS) is 12.2. The number of nitrogens with zero attached hydrogens (tertiary/aromatic N) is 1. The molecule has 0 saturated carbocycles. The monoisotopic (exact) mass is 254 g/mol. The maximum atomic E-state index is 11.4. The van der Waals surface area contributed by atoms with Crippen LogP contribution in [0.3, 0.4) is 0 Å². The fourth-order valence-electron chi connectivity index (χ4n) is 1.16. The van der Waals surface area contributed by atoms with Gasteiger partial charge >= 0.3 is 5.97 Å². The summed E-state index contributed by atoms with van der Waals surface area (Å²) in [5, 5.41) is 0.805. The topological polar surface area (TPSA) is 65.2 Å². The summed E-state index contributed by atoms with van der Waals surface area (Å²) < 4.78 is 4.66. The van der Waals surface area contributed by atoms with Gasteiger partial charge in [0.15, 0.2) is 0 Å². The Morgan fingerprint density at radius 3 is 2.94 bits per heavy atom. The van der Waals surface area contributed by atoms with Crippen LogP contribution in [-0.4, -0.2) is 23.8 Å². The number of thioether (sulfide) groups is 1. The minimum atomic E-state index is -0.421. The molecule has 0 amide bonds. The molecule has 1 heterocycles. The fourth-order valence-corrected chi connectivity index (χ4v) is 2.18. The predicted molar refractivity (Wildman–Crippen MR) is 70.2 cm³/mol. The lowest BCUT2D eigenvalue weighted by Crippen LogP contribution is -2.06. The maximum Gasteiger partial charge on any atom is 0.340 e. The van der Waals surface area contributed by atoms with Crippen LogP contribution in [0.25, 0.3) is 0 Å². The Hall–Kier alpha value is -1.23. The number of ether oxygens (including phenoxy) is 1. The molecule has 1 unspecified atom stereocenters. The van der Waals surface area contributed by atoms with Gasteiger partial charge in [-0.3, -0.25) is 0 Å². The van der Waals surface area contributed by atoms with E-state index >= 15 is 0 Å². The Morgan fingerprint density at radius 1 is 1.65 bits per heavy atom. The van der Waals surface area contributed by atoms with Crippen LogP contribution >= 0.6 is 11.8 Å². The molecule has 1 rings (SSSR count). The van der Waals surface area contributed by atoms with Crippen molar-refractivity contribution in [1.29, 1.82) is 0 Å². The van der Waals surface area contributed by atoms with Crippen LogP contribution in [0.15, 0.2) is 17.3 Å². The van der Waals surface area contributed by atoms with Crippen molar-refractivity contribution in [2.75, 3.05) is 18.6 Å². The highest BCUT2D eigenvalue weighted by Crippen LogP contribution is 2.23. The van der Waals surface area contributed by atoms with E-state index < -0.39 is 5.97 Å². The maximum absolute atomic E-state index is 11.4. The van der Waals surface area contributed by atoms with Crippen LogP contribution in [0.2, 0.25) is 0 Å². The molecule has 17 heavy (non-hydrogen) atoms. The molecule has 0 saturated heterocycles. The second-order valence-corrected chi connectivity index (χ2v) is 4.97. The van der Waals surface area contributed by atoms with Crippen molar-refractivity contribution >= 4 is 23.4 Å². The third-order valence-electron chi connectivity index (χ3n) is 2.53. The molecule has 0 aliphatic heterocycles. The molecule has 5 heteroatoms. The highest BCUT2D eigenvalue weighted by Gasteiger charge is 2.12. The summed E-state index contributed by atoms with van der Waals surface area (Å²) in [4.78, 5) is 15.6. The Morgan fingerprint density at radius 2 is 2.35 bits per heavy atom. The van der Waals surface area contributed by atoms with Gasteiger partial charge in [0.1, 0.15) is 0 Å². The molecule has 0 bridgehead atoms. The van der Waals surface area contributed by atoms with E-state index in [0.717, 1.165) is 17.2 Å². The summed E-state index contributed by atoms with van der Waals surface area (Å²) >= 11 is 1.63. The van der Waals surface area contributed by atoms with Crippen molar-refractivity contribution in [3.8, 4) is 0 Å². The van der Waals surface area contributed by atoms with Crippen molar-refractivity contribution in [2.45, 2.75) is 25.3 Å².